The zero-order valence-corrected chi connectivity index (χ0v) is 12.1. The number of aliphatic hydroxyl groups is 1. The fraction of sp³-hybridized carbons (Fsp3) is 0.333. The highest BCUT2D eigenvalue weighted by Gasteiger charge is 2.71. The lowest BCUT2D eigenvalue weighted by Crippen LogP contribution is -2.53. The van der Waals surface area contributed by atoms with E-state index in [0.29, 0.717) is 17.8 Å². The van der Waals surface area contributed by atoms with Crippen molar-refractivity contribution in [1.82, 2.24) is 4.57 Å². The number of nitrogens with zero attached hydrogens (tertiary/aromatic N) is 1. The van der Waals surface area contributed by atoms with E-state index in [9.17, 15) is 31.4 Å². The second-order valence-electron chi connectivity index (χ2n) is 5.20. The Morgan fingerprint density at radius 3 is 1.48 bits per heavy atom. The molecule has 0 saturated carbocycles. The van der Waals surface area contributed by atoms with Gasteiger partial charge >= 0.3 is 12.4 Å². The van der Waals surface area contributed by atoms with Gasteiger partial charge in [-0.05, 0) is 38.1 Å². The molecule has 0 unspecified atom stereocenters. The second-order valence-corrected chi connectivity index (χ2v) is 5.20. The van der Waals surface area contributed by atoms with E-state index in [1.165, 1.54) is 0 Å². The van der Waals surface area contributed by atoms with E-state index in [2.05, 4.69) is 0 Å². The third-order valence-electron chi connectivity index (χ3n) is 3.63. The van der Waals surface area contributed by atoms with Gasteiger partial charge in [-0.3, -0.25) is 0 Å². The fourth-order valence-electron chi connectivity index (χ4n) is 2.42. The van der Waals surface area contributed by atoms with Gasteiger partial charge < -0.3 is 9.67 Å². The Bertz CT molecular complexity index is 663. The highest BCUT2D eigenvalue weighted by atomic mass is 19.4. The van der Waals surface area contributed by atoms with Crippen LogP contribution < -0.4 is 0 Å². The van der Waals surface area contributed by atoms with Crippen molar-refractivity contribution >= 4 is 0 Å². The Labute approximate surface area is 128 Å². The summed E-state index contributed by atoms with van der Waals surface area (Å²) in [5.74, 6) is 0. The van der Waals surface area contributed by atoms with Gasteiger partial charge in [-0.15, -0.1) is 0 Å². The van der Waals surface area contributed by atoms with Crippen LogP contribution in [0.2, 0.25) is 0 Å². The van der Waals surface area contributed by atoms with Crippen LogP contribution in [-0.2, 0) is 5.60 Å². The van der Waals surface area contributed by atoms with Crippen LogP contribution in [0.25, 0.3) is 5.69 Å². The van der Waals surface area contributed by atoms with Gasteiger partial charge in [0.15, 0.2) is 0 Å². The molecule has 0 aliphatic heterocycles. The fourth-order valence-corrected chi connectivity index (χ4v) is 2.42. The van der Waals surface area contributed by atoms with Crippen LogP contribution in [0.4, 0.5) is 26.3 Å². The van der Waals surface area contributed by atoms with Crippen molar-refractivity contribution in [3.8, 4) is 5.69 Å². The number of benzene rings is 1. The molecule has 126 valence electrons. The Balaban J connectivity index is 2.54. The van der Waals surface area contributed by atoms with Gasteiger partial charge in [0, 0.05) is 22.6 Å². The van der Waals surface area contributed by atoms with Crippen LogP contribution in [0.3, 0.4) is 0 Å². The van der Waals surface area contributed by atoms with Crippen LogP contribution in [0.15, 0.2) is 36.4 Å². The normalized spacial score (nSPS) is 13.4. The maximum absolute atomic E-state index is 12.8. The largest absolute Gasteiger partial charge is 0.430 e. The molecule has 2 rings (SSSR count). The Kier molecular flexibility index (Phi) is 4.00. The summed E-state index contributed by atoms with van der Waals surface area (Å²) in [4.78, 5) is 0. The van der Waals surface area contributed by atoms with Crippen LogP contribution in [0.1, 0.15) is 17.0 Å². The van der Waals surface area contributed by atoms with E-state index in [4.69, 9.17) is 0 Å². The zero-order chi connectivity index (χ0) is 17.6. The molecule has 1 aromatic heterocycles. The van der Waals surface area contributed by atoms with Crippen molar-refractivity contribution in [2.45, 2.75) is 31.8 Å². The minimum absolute atomic E-state index is 0.403. The van der Waals surface area contributed by atoms with Gasteiger partial charge in [-0.2, -0.15) is 26.3 Å². The molecule has 0 aliphatic rings. The van der Waals surface area contributed by atoms with Gasteiger partial charge in [0.1, 0.15) is 0 Å². The van der Waals surface area contributed by atoms with E-state index in [-0.39, 0.29) is 0 Å². The highest BCUT2D eigenvalue weighted by Crippen LogP contribution is 2.50. The number of hydrogen-bond acceptors (Lipinski definition) is 1. The standard InChI is InChI=1S/C15H13F6NO/c1-9-3-4-10(2)22(9)12-7-5-11(6-8-12)13(23,14(16,17)18)15(19,20)21/h3-8,23H,1-2H3. The molecule has 0 atom stereocenters. The maximum atomic E-state index is 12.8. The minimum atomic E-state index is -5.88. The van der Waals surface area contributed by atoms with Gasteiger partial charge in [-0.1, -0.05) is 12.1 Å². The molecule has 0 radical (unpaired) electrons. The molecule has 0 saturated heterocycles. The molecule has 0 aliphatic carbocycles. The molecule has 0 bridgehead atoms. The van der Waals surface area contributed by atoms with E-state index in [1.807, 2.05) is 0 Å². The predicted molar refractivity (Wildman–Crippen MR) is 71.2 cm³/mol. The highest BCUT2D eigenvalue weighted by molar-refractivity contribution is 5.41. The topological polar surface area (TPSA) is 25.2 Å². The first-order chi connectivity index (χ1) is 10.4. The number of hydrogen-bond donors (Lipinski definition) is 1. The molecule has 8 heteroatoms. The molecule has 1 N–H and O–H groups in total. The smallest absolute Gasteiger partial charge is 0.369 e. The quantitative estimate of drug-likeness (QED) is 0.807. The molecule has 23 heavy (non-hydrogen) atoms. The number of aryl methyl sites for hydroxylation is 2. The number of aromatic nitrogens is 1. The Hall–Kier alpha value is -1.96. The van der Waals surface area contributed by atoms with Gasteiger partial charge in [0.2, 0.25) is 0 Å². The van der Waals surface area contributed by atoms with E-state index in [0.717, 1.165) is 23.5 Å². The van der Waals surface area contributed by atoms with E-state index in [1.54, 1.807) is 30.5 Å². The van der Waals surface area contributed by atoms with Crippen molar-refractivity contribution < 1.29 is 31.4 Å². The Morgan fingerprint density at radius 2 is 1.13 bits per heavy atom. The summed E-state index contributed by atoms with van der Waals surface area (Å²) >= 11 is 0. The lowest BCUT2D eigenvalue weighted by atomic mass is 9.92. The van der Waals surface area contributed by atoms with Crippen LogP contribution in [0, 0.1) is 13.8 Å². The summed E-state index contributed by atoms with van der Waals surface area (Å²) in [6.45, 7) is 3.51. The molecule has 0 fully saturated rings. The maximum Gasteiger partial charge on any atom is 0.430 e. The molecular formula is C15H13F6NO. The third kappa shape index (κ3) is 2.71. The van der Waals surface area contributed by atoms with Crippen LogP contribution in [-0.4, -0.2) is 22.0 Å². The first kappa shape index (κ1) is 17.4. The predicted octanol–water partition coefficient (Wildman–Crippen LogP) is 4.41. The Morgan fingerprint density at radius 1 is 0.739 bits per heavy atom. The van der Waals surface area contributed by atoms with E-state index >= 15 is 0 Å². The average Bonchev–Trinajstić information content (AvgIpc) is 2.75. The summed E-state index contributed by atoms with van der Waals surface area (Å²) in [7, 11) is 0. The van der Waals surface area contributed by atoms with Crippen molar-refractivity contribution in [3.05, 3.63) is 53.3 Å². The first-order valence-corrected chi connectivity index (χ1v) is 6.51. The van der Waals surface area contributed by atoms with Gasteiger partial charge in [0.25, 0.3) is 5.60 Å². The lowest BCUT2D eigenvalue weighted by Gasteiger charge is -2.32. The lowest BCUT2D eigenvalue weighted by molar-refractivity contribution is -0.376. The van der Waals surface area contributed by atoms with E-state index < -0.39 is 23.5 Å². The van der Waals surface area contributed by atoms with Crippen LogP contribution in [0.5, 0.6) is 0 Å². The molecule has 0 amide bonds. The summed E-state index contributed by atoms with van der Waals surface area (Å²) in [5, 5.41) is 9.33. The first-order valence-electron chi connectivity index (χ1n) is 6.51. The summed E-state index contributed by atoms with van der Waals surface area (Å²) in [5.41, 5.74) is -4.22. The van der Waals surface area contributed by atoms with Gasteiger partial charge in [0.05, 0.1) is 0 Å². The third-order valence-corrected chi connectivity index (χ3v) is 3.63. The number of halogens is 6. The van der Waals surface area contributed by atoms with Crippen molar-refractivity contribution in [1.29, 1.82) is 0 Å². The molecule has 1 aromatic carbocycles. The van der Waals surface area contributed by atoms with Gasteiger partial charge in [-0.25, -0.2) is 0 Å². The molecule has 2 aromatic rings. The summed E-state index contributed by atoms with van der Waals surface area (Å²) in [6.07, 6.45) is -11.8. The monoisotopic (exact) mass is 337 g/mol. The SMILES string of the molecule is Cc1ccc(C)n1-c1ccc(C(O)(C(F)(F)F)C(F)(F)F)cc1. The van der Waals surface area contributed by atoms with Crippen molar-refractivity contribution in [2.24, 2.45) is 0 Å². The minimum Gasteiger partial charge on any atom is -0.369 e. The van der Waals surface area contributed by atoms with Crippen molar-refractivity contribution in [3.63, 3.8) is 0 Å². The zero-order valence-electron chi connectivity index (χ0n) is 12.1. The second kappa shape index (κ2) is 5.30. The van der Waals surface area contributed by atoms with Crippen LogP contribution >= 0.6 is 0 Å². The molecular weight excluding hydrogens is 324 g/mol. The average molecular weight is 337 g/mol. The summed E-state index contributed by atoms with van der Waals surface area (Å²) < 4.78 is 78.5. The number of alkyl halides is 6. The molecule has 2 nitrogen and oxygen atoms in total. The molecule has 1 heterocycles. The molecule has 0 spiro atoms. The van der Waals surface area contributed by atoms with Crippen molar-refractivity contribution in [2.75, 3.05) is 0 Å². The number of rotatable bonds is 2. The summed E-state index contributed by atoms with van der Waals surface area (Å²) in [6, 6.07) is 7.02.